The number of ether oxygens (including phenoxy) is 1. The first kappa shape index (κ1) is 12.2. The number of carbonyl (C=O) groups excluding carboxylic acids is 1. The Balaban J connectivity index is 2.28. The minimum Gasteiger partial charge on any atom is -0.496 e. The summed E-state index contributed by atoms with van der Waals surface area (Å²) in [7, 11) is 1.72. The highest BCUT2D eigenvalue weighted by Crippen LogP contribution is 2.39. The molecule has 2 nitrogen and oxygen atoms in total. The van der Waals surface area contributed by atoms with E-state index in [1.54, 1.807) is 14.0 Å². The van der Waals surface area contributed by atoms with Gasteiger partial charge in [0.1, 0.15) is 11.5 Å². The molecule has 17 heavy (non-hydrogen) atoms. The lowest BCUT2D eigenvalue weighted by molar-refractivity contribution is -0.116. The molecule has 0 aliphatic heterocycles. The third-order valence-corrected chi connectivity index (χ3v) is 3.54. The molecule has 1 aromatic carbocycles. The van der Waals surface area contributed by atoms with Crippen molar-refractivity contribution in [2.45, 2.75) is 44.9 Å². The van der Waals surface area contributed by atoms with E-state index in [2.05, 4.69) is 6.07 Å². The number of hydrogen-bond donors (Lipinski definition) is 0. The number of rotatable bonds is 4. The van der Waals surface area contributed by atoms with Crippen molar-refractivity contribution in [2.75, 3.05) is 7.11 Å². The highest BCUT2D eigenvalue weighted by atomic mass is 16.5. The van der Waals surface area contributed by atoms with Crippen molar-refractivity contribution in [3.05, 3.63) is 29.3 Å². The Morgan fingerprint density at radius 2 is 2.06 bits per heavy atom. The highest BCUT2D eigenvalue weighted by Gasteiger charge is 2.20. The van der Waals surface area contributed by atoms with Crippen LogP contribution in [0.15, 0.2) is 18.2 Å². The van der Waals surface area contributed by atoms with Gasteiger partial charge in [0.2, 0.25) is 0 Å². The molecule has 1 aliphatic rings. The van der Waals surface area contributed by atoms with Gasteiger partial charge in [0, 0.05) is 6.42 Å². The Morgan fingerprint density at radius 1 is 1.35 bits per heavy atom. The zero-order valence-electron chi connectivity index (χ0n) is 10.7. The average molecular weight is 232 g/mol. The summed E-state index contributed by atoms with van der Waals surface area (Å²) in [6.45, 7) is 1.64. The van der Waals surface area contributed by atoms with E-state index in [0.29, 0.717) is 12.3 Å². The first-order valence-corrected chi connectivity index (χ1v) is 6.37. The van der Waals surface area contributed by atoms with Gasteiger partial charge >= 0.3 is 0 Å². The second-order valence-electron chi connectivity index (χ2n) is 4.94. The Bertz CT molecular complexity index is 403. The minimum absolute atomic E-state index is 0.215. The fourth-order valence-corrected chi connectivity index (χ4v) is 2.74. The Labute approximate surface area is 103 Å². The van der Waals surface area contributed by atoms with Crippen molar-refractivity contribution in [1.82, 2.24) is 0 Å². The van der Waals surface area contributed by atoms with E-state index in [4.69, 9.17) is 4.74 Å². The topological polar surface area (TPSA) is 26.3 Å². The third-order valence-electron chi connectivity index (χ3n) is 3.54. The highest BCUT2D eigenvalue weighted by molar-refractivity contribution is 5.78. The lowest BCUT2D eigenvalue weighted by Crippen LogP contribution is -2.01. The van der Waals surface area contributed by atoms with Gasteiger partial charge in [-0.3, -0.25) is 4.79 Å². The first-order valence-electron chi connectivity index (χ1n) is 6.37. The molecule has 1 aliphatic carbocycles. The molecular formula is C15H20O2. The van der Waals surface area contributed by atoms with Crippen molar-refractivity contribution in [3.8, 4) is 5.75 Å². The van der Waals surface area contributed by atoms with Crippen LogP contribution in [-0.4, -0.2) is 12.9 Å². The zero-order valence-corrected chi connectivity index (χ0v) is 10.7. The van der Waals surface area contributed by atoms with Gasteiger partial charge in [0.15, 0.2) is 0 Å². The Morgan fingerprint density at radius 3 is 2.65 bits per heavy atom. The van der Waals surface area contributed by atoms with Crippen LogP contribution >= 0.6 is 0 Å². The fraction of sp³-hybridized carbons (Fsp3) is 0.533. The summed E-state index contributed by atoms with van der Waals surface area (Å²) in [4.78, 5) is 11.2. The van der Waals surface area contributed by atoms with Crippen LogP contribution in [0, 0.1) is 0 Å². The normalized spacial score (nSPS) is 16.1. The van der Waals surface area contributed by atoms with Gasteiger partial charge in [-0.05, 0) is 42.9 Å². The molecule has 0 heterocycles. The fourth-order valence-electron chi connectivity index (χ4n) is 2.74. The SMILES string of the molecule is COc1ccc(CC(C)=O)cc1C1CCCC1. The molecule has 1 saturated carbocycles. The first-order chi connectivity index (χ1) is 8.20. The van der Waals surface area contributed by atoms with Crippen LogP contribution in [-0.2, 0) is 11.2 Å². The lowest BCUT2D eigenvalue weighted by Gasteiger charge is -2.15. The molecule has 0 unspecified atom stereocenters. The van der Waals surface area contributed by atoms with Gasteiger partial charge in [0.05, 0.1) is 7.11 Å². The molecule has 1 aromatic rings. The maximum atomic E-state index is 11.2. The largest absolute Gasteiger partial charge is 0.496 e. The molecule has 92 valence electrons. The summed E-state index contributed by atoms with van der Waals surface area (Å²) in [6, 6.07) is 6.17. The standard InChI is InChI=1S/C15H20O2/c1-11(16)9-12-7-8-15(17-2)14(10-12)13-5-3-4-6-13/h7-8,10,13H,3-6,9H2,1-2H3. The van der Waals surface area contributed by atoms with E-state index < -0.39 is 0 Å². The van der Waals surface area contributed by atoms with Crippen LogP contribution in [0.1, 0.15) is 49.7 Å². The predicted octanol–water partition coefficient (Wildman–Crippen LogP) is 3.48. The summed E-state index contributed by atoms with van der Waals surface area (Å²) >= 11 is 0. The number of Topliss-reactive ketones (excluding diaryl/α,β-unsaturated/α-hetero) is 1. The van der Waals surface area contributed by atoms with E-state index >= 15 is 0 Å². The van der Waals surface area contributed by atoms with Crippen LogP contribution in [0.3, 0.4) is 0 Å². The molecule has 1 fully saturated rings. The Hall–Kier alpha value is -1.31. The van der Waals surface area contributed by atoms with Crippen LogP contribution in [0.5, 0.6) is 5.75 Å². The van der Waals surface area contributed by atoms with Crippen molar-refractivity contribution in [3.63, 3.8) is 0 Å². The molecule has 2 rings (SSSR count). The van der Waals surface area contributed by atoms with E-state index in [9.17, 15) is 4.79 Å². The number of benzene rings is 1. The smallest absolute Gasteiger partial charge is 0.134 e. The summed E-state index contributed by atoms with van der Waals surface area (Å²) in [6.07, 6.45) is 5.65. The van der Waals surface area contributed by atoms with E-state index in [1.165, 1.54) is 31.2 Å². The van der Waals surface area contributed by atoms with Gasteiger partial charge in [-0.1, -0.05) is 25.0 Å². The molecule has 0 spiro atoms. The van der Waals surface area contributed by atoms with Gasteiger partial charge in [-0.25, -0.2) is 0 Å². The molecule has 2 heteroatoms. The molecule has 0 bridgehead atoms. The van der Waals surface area contributed by atoms with Crippen LogP contribution < -0.4 is 4.74 Å². The molecule has 0 saturated heterocycles. The molecule has 0 radical (unpaired) electrons. The second-order valence-corrected chi connectivity index (χ2v) is 4.94. The quantitative estimate of drug-likeness (QED) is 0.794. The third kappa shape index (κ3) is 2.87. The molecule has 0 N–H and O–H groups in total. The van der Waals surface area contributed by atoms with Crippen LogP contribution in [0.2, 0.25) is 0 Å². The number of hydrogen-bond acceptors (Lipinski definition) is 2. The zero-order chi connectivity index (χ0) is 12.3. The van der Waals surface area contributed by atoms with Crippen LogP contribution in [0.4, 0.5) is 0 Å². The summed E-state index contributed by atoms with van der Waals surface area (Å²) < 4.78 is 5.43. The van der Waals surface area contributed by atoms with E-state index in [0.717, 1.165) is 11.3 Å². The number of ketones is 1. The van der Waals surface area contributed by atoms with E-state index in [-0.39, 0.29) is 5.78 Å². The number of carbonyl (C=O) groups is 1. The predicted molar refractivity (Wildman–Crippen MR) is 68.6 cm³/mol. The lowest BCUT2D eigenvalue weighted by atomic mass is 9.94. The van der Waals surface area contributed by atoms with Crippen molar-refractivity contribution >= 4 is 5.78 Å². The second kappa shape index (κ2) is 5.35. The minimum atomic E-state index is 0.215. The van der Waals surface area contributed by atoms with E-state index in [1.807, 2.05) is 12.1 Å². The monoisotopic (exact) mass is 232 g/mol. The molecule has 0 amide bonds. The summed E-state index contributed by atoms with van der Waals surface area (Å²) in [5.41, 5.74) is 2.41. The van der Waals surface area contributed by atoms with Crippen molar-refractivity contribution in [2.24, 2.45) is 0 Å². The van der Waals surface area contributed by atoms with Gasteiger partial charge in [-0.2, -0.15) is 0 Å². The van der Waals surface area contributed by atoms with Gasteiger partial charge in [0.25, 0.3) is 0 Å². The molecular weight excluding hydrogens is 212 g/mol. The Kier molecular flexibility index (Phi) is 3.82. The molecule has 0 atom stereocenters. The average Bonchev–Trinajstić information content (AvgIpc) is 2.81. The van der Waals surface area contributed by atoms with Gasteiger partial charge < -0.3 is 4.74 Å². The summed E-state index contributed by atoms with van der Waals surface area (Å²) in [5, 5.41) is 0. The maximum absolute atomic E-state index is 11.2. The summed E-state index contributed by atoms with van der Waals surface area (Å²) in [5.74, 6) is 1.81. The van der Waals surface area contributed by atoms with Crippen molar-refractivity contribution in [1.29, 1.82) is 0 Å². The van der Waals surface area contributed by atoms with Gasteiger partial charge in [-0.15, -0.1) is 0 Å². The molecule has 0 aromatic heterocycles. The van der Waals surface area contributed by atoms with Crippen molar-refractivity contribution < 1.29 is 9.53 Å². The number of methoxy groups -OCH3 is 1. The maximum Gasteiger partial charge on any atom is 0.134 e. The van der Waals surface area contributed by atoms with Crippen LogP contribution in [0.25, 0.3) is 0 Å².